The first-order chi connectivity index (χ1) is 20.2. The van der Waals surface area contributed by atoms with Crippen molar-refractivity contribution in [1.82, 2.24) is 4.90 Å². The summed E-state index contributed by atoms with van der Waals surface area (Å²) < 4.78 is 0. The second kappa shape index (κ2) is 13.3. The van der Waals surface area contributed by atoms with E-state index in [1.54, 1.807) is 0 Å². The van der Waals surface area contributed by atoms with E-state index in [1.807, 2.05) is 0 Å². The molecule has 5 radical (unpaired) electrons. The molecule has 0 N–H and O–H groups in total. The molecule has 5 aromatic carbocycles. The van der Waals surface area contributed by atoms with Crippen LogP contribution in [0.3, 0.4) is 0 Å². The van der Waals surface area contributed by atoms with E-state index >= 15 is 0 Å². The second-order valence-electron chi connectivity index (χ2n) is 10.3. The van der Waals surface area contributed by atoms with E-state index in [1.165, 1.54) is 43.7 Å². The van der Waals surface area contributed by atoms with Crippen LogP contribution in [0.2, 0.25) is 0 Å². The molecule has 1 fully saturated rings. The van der Waals surface area contributed by atoms with Gasteiger partial charge in [0.2, 0.25) is 0 Å². The van der Waals surface area contributed by atoms with Crippen molar-refractivity contribution in [2.45, 2.75) is 6.04 Å². The van der Waals surface area contributed by atoms with Crippen molar-refractivity contribution in [3.63, 3.8) is 0 Å². The fourth-order valence-electron chi connectivity index (χ4n) is 5.67. The van der Waals surface area contributed by atoms with Crippen LogP contribution < -0.4 is 26.5 Å². The Labute approximate surface area is 248 Å². The van der Waals surface area contributed by atoms with Crippen LogP contribution in [0.15, 0.2) is 146 Å². The molecule has 0 bridgehead atoms. The van der Waals surface area contributed by atoms with Gasteiger partial charge in [0.15, 0.2) is 0 Å². The fourth-order valence-corrected chi connectivity index (χ4v) is 10.6. The Morgan fingerprint density at radius 1 is 0.463 bits per heavy atom. The standard InChI is InChI=1S/C38H34NP2/c1-39(2)38(35-27-17-29-37(35)41(32-22-11-5-12-23-32)33-24-13-6-14-25-33)34-26-15-16-28-36(34)40(30-18-7-3-8-19-30)31-20-9-4-10-21-31/h3-29,38H,1-2H3/t38-/m0/s1. The van der Waals surface area contributed by atoms with E-state index in [2.05, 4.69) is 184 Å². The Morgan fingerprint density at radius 3 is 1.34 bits per heavy atom. The zero-order valence-electron chi connectivity index (χ0n) is 23.5. The van der Waals surface area contributed by atoms with E-state index in [-0.39, 0.29) is 6.04 Å². The summed E-state index contributed by atoms with van der Waals surface area (Å²) in [5.74, 6) is 1.39. The summed E-state index contributed by atoms with van der Waals surface area (Å²) in [6.07, 6.45) is 6.96. The summed E-state index contributed by atoms with van der Waals surface area (Å²) in [6, 6.07) is 53.4. The first-order valence-electron chi connectivity index (χ1n) is 14.0. The minimum Gasteiger partial charge on any atom is -0.302 e. The third-order valence-electron chi connectivity index (χ3n) is 7.41. The zero-order chi connectivity index (χ0) is 28.0. The lowest BCUT2D eigenvalue weighted by atomic mass is 9.90. The Kier molecular flexibility index (Phi) is 9.08. The van der Waals surface area contributed by atoms with Crippen LogP contribution in [0.1, 0.15) is 11.6 Å². The molecule has 0 unspecified atom stereocenters. The van der Waals surface area contributed by atoms with Crippen molar-refractivity contribution < 1.29 is 0 Å². The molecule has 0 aromatic heterocycles. The monoisotopic (exact) mass is 566 g/mol. The van der Waals surface area contributed by atoms with Gasteiger partial charge in [0.25, 0.3) is 0 Å². The summed E-state index contributed by atoms with van der Waals surface area (Å²) in [6.45, 7) is 0. The molecule has 6 rings (SSSR count). The number of benzene rings is 5. The average molecular weight is 567 g/mol. The van der Waals surface area contributed by atoms with E-state index < -0.39 is 15.8 Å². The number of hydrogen-bond donors (Lipinski definition) is 0. The van der Waals surface area contributed by atoms with Crippen LogP contribution in [-0.4, -0.2) is 19.0 Å². The van der Waals surface area contributed by atoms with Gasteiger partial charge in [0.05, 0.1) is 0 Å². The molecule has 0 heterocycles. The van der Waals surface area contributed by atoms with Gasteiger partial charge < -0.3 is 4.90 Å². The summed E-state index contributed by atoms with van der Waals surface area (Å²) in [4.78, 5) is 2.39. The predicted molar refractivity (Wildman–Crippen MR) is 180 cm³/mol. The highest BCUT2D eigenvalue weighted by Gasteiger charge is 2.43. The summed E-state index contributed by atoms with van der Waals surface area (Å²) >= 11 is 0. The first kappa shape index (κ1) is 28.1. The van der Waals surface area contributed by atoms with Gasteiger partial charge in [-0.15, -0.1) is 0 Å². The molecule has 5 aromatic rings. The number of rotatable bonds is 9. The highest BCUT2D eigenvalue weighted by atomic mass is 31.1. The maximum absolute atomic E-state index is 2.39. The zero-order valence-corrected chi connectivity index (χ0v) is 25.3. The van der Waals surface area contributed by atoms with Crippen molar-refractivity contribution in [1.29, 1.82) is 0 Å². The molecule has 1 saturated carbocycles. The van der Waals surface area contributed by atoms with Gasteiger partial charge in [-0.05, 0) is 81.3 Å². The van der Waals surface area contributed by atoms with Crippen LogP contribution in [0, 0.1) is 30.8 Å². The maximum atomic E-state index is 2.39. The van der Waals surface area contributed by atoms with E-state index in [0.29, 0.717) is 0 Å². The van der Waals surface area contributed by atoms with E-state index in [0.717, 1.165) is 0 Å². The Hall–Kier alpha value is -3.08. The summed E-state index contributed by atoms with van der Waals surface area (Å²) in [7, 11) is 3.00. The average Bonchev–Trinajstić information content (AvgIpc) is 3.49. The fraction of sp³-hybridized carbons (Fsp3) is 0.0789. The molecule has 0 spiro atoms. The summed E-state index contributed by atoms with van der Waals surface area (Å²) in [5, 5.41) is 6.91. The normalized spacial score (nSPS) is 15.1. The van der Waals surface area contributed by atoms with Gasteiger partial charge in [-0.25, -0.2) is 0 Å². The molecule has 0 saturated heterocycles. The first-order valence-corrected chi connectivity index (χ1v) is 16.7. The summed E-state index contributed by atoms with van der Waals surface area (Å²) in [5.41, 5.74) is 2.80. The van der Waals surface area contributed by atoms with Crippen LogP contribution in [0.25, 0.3) is 0 Å². The molecule has 3 heteroatoms. The topological polar surface area (TPSA) is 3.24 Å². The molecule has 1 aliphatic carbocycles. The molecular formula is C38H34NP2. The molecule has 201 valence electrons. The van der Waals surface area contributed by atoms with Gasteiger partial charge in [-0.3, -0.25) is 0 Å². The largest absolute Gasteiger partial charge is 0.302 e. The lowest BCUT2D eigenvalue weighted by Gasteiger charge is -2.38. The van der Waals surface area contributed by atoms with E-state index in [9.17, 15) is 0 Å². The molecule has 41 heavy (non-hydrogen) atoms. The Balaban J connectivity index is 1.47. The van der Waals surface area contributed by atoms with Crippen LogP contribution >= 0.6 is 15.8 Å². The molecular weight excluding hydrogens is 532 g/mol. The van der Waals surface area contributed by atoms with Crippen LogP contribution in [0.4, 0.5) is 0 Å². The van der Waals surface area contributed by atoms with Crippen LogP contribution in [0.5, 0.6) is 0 Å². The minimum atomic E-state index is -0.734. The Bertz CT molecular complexity index is 1430. The smallest absolute Gasteiger partial charge is 0.0423 e. The van der Waals surface area contributed by atoms with Gasteiger partial charge in [-0.1, -0.05) is 146 Å². The van der Waals surface area contributed by atoms with Gasteiger partial charge in [-0.2, -0.15) is 0 Å². The van der Waals surface area contributed by atoms with Crippen molar-refractivity contribution in [2.75, 3.05) is 14.1 Å². The molecule has 1 nitrogen and oxygen atoms in total. The van der Waals surface area contributed by atoms with Crippen LogP contribution in [-0.2, 0) is 0 Å². The molecule has 0 amide bonds. The van der Waals surface area contributed by atoms with Gasteiger partial charge >= 0.3 is 0 Å². The second-order valence-corrected chi connectivity index (χ2v) is 14.7. The Morgan fingerprint density at radius 2 is 0.878 bits per heavy atom. The molecule has 1 atom stereocenters. The van der Waals surface area contributed by atoms with Gasteiger partial charge in [0, 0.05) is 17.6 Å². The lowest BCUT2D eigenvalue weighted by Crippen LogP contribution is -2.34. The van der Waals surface area contributed by atoms with Crippen molar-refractivity contribution in [2.24, 2.45) is 0 Å². The van der Waals surface area contributed by atoms with Gasteiger partial charge in [0.1, 0.15) is 0 Å². The van der Waals surface area contributed by atoms with E-state index in [4.69, 9.17) is 0 Å². The third kappa shape index (κ3) is 6.10. The number of nitrogens with zero attached hydrogens (tertiary/aromatic N) is 1. The van der Waals surface area contributed by atoms with Crippen molar-refractivity contribution in [3.8, 4) is 0 Å². The van der Waals surface area contributed by atoms with Crippen molar-refractivity contribution >= 4 is 42.4 Å². The highest BCUT2D eigenvalue weighted by Crippen LogP contribution is 2.60. The minimum absolute atomic E-state index is 0.117. The van der Waals surface area contributed by atoms with Crippen molar-refractivity contribution in [3.05, 3.63) is 182 Å². The maximum Gasteiger partial charge on any atom is 0.0423 e. The third-order valence-corrected chi connectivity index (χ3v) is 12.4. The predicted octanol–water partition coefficient (Wildman–Crippen LogP) is 6.91. The highest BCUT2D eigenvalue weighted by molar-refractivity contribution is 7.80. The quantitative estimate of drug-likeness (QED) is 0.175. The molecule has 0 aliphatic heterocycles. The SMILES string of the molecule is CN(C)[C@H]([C]1[CH][CH][CH][C]1P(c1ccccc1)c1ccccc1)c1ccccc1P(c1ccccc1)c1ccccc1. The molecule has 1 aliphatic rings. The number of hydrogen-bond acceptors (Lipinski definition) is 1. The lowest BCUT2D eigenvalue weighted by molar-refractivity contribution is 0.320.